The number of fused-ring (bicyclic) bond motifs is 3. The molecule has 10 nitrogen and oxygen atoms in total. The Bertz CT molecular complexity index is 1440. The van der Waals surface area contributed by atoms with Crippen LogP contribution in [0.2, 0.25) is 0 Å². The average molecular weight is 520 g/mol. The molecule has 0 spiro atoms. The first-order valence-electron chi connectivity index (χ1n) is 12.3. The second-order valence-corrected chi connectivity index (χ2v) is 10.0. The van der Waals surface area contributed by atoms with E-state index in [9.17, 15) is 39.0 Å². The van der Waals surface area contributed by atoms with Gasteiger partial charge in [-0.2, -0.15) is 0 Å². The molecule has 4 N–H and O–H groups in total. The van der Waals surface area contributed by atoms with Gasteiger partial charge in [-0.15, -0.1) is 0 Å². The molecule has 2 saturated carbocycles. The molecule has 0 radical (unpaired) electrons. The monoisotopic (exact) mass is 519 g/mol. The van der Waals surface area contributed by atoms with E-state index >= 15 is 0 Å². The zero-order chi connectivity index (χ0) is 27.5. The lowest BCUT2D eigenvalue weighted by molar-refractivity contribution is -0.175. The summed E-state index contributed by atoms with van der Waals surface area (Å²) in [6, 6.07) is 9.51. The second-order valence-electron chi connectivity index (χ2n) is 10.0. The van der Waals surface area contributed by atoms with Gasteiger partial charge in [-0.3, -0.25) is 24.0 Å². The van der Waals surface area contributed by atoms with E-state index in [-0.39, 0.29) is 30.8 Å². The van der Waals surface area contributed by atoms with E-state index in [1.54, 1.807) is 37.3 Å². The van der Waals surface area contributed by atoms with Crippen LogP contribution in [0.4, 0.5) is 0 Å². The topological polar surface area (TPSA) is 178 Å². The second kappa shape index (κ2) is 8.98. The van der Waals surface area contributed by atoms with Crippen LogP contribution < -0.4 is 5.73 Å². The minimum atomic E-state index is -2.69. The van der Waals surface area contributed by atoms with Gasteiger partial charge in [0.2, 0.25) is 5.91 Å². The molecular weight excluding hydrogens is 494 g/mol. The molecule has 5 atom stereocenters. The van der Waals surface area contributed by atoms with E-state index < -0.39 is 70.7 Å². The number of phenolic OH excluding ortho intramolecular Hbond substituents is 1. The molecule has 196 valence electrons. The van der Waals surface area contributed by atoms with Crippen molar-refractivity contribution in [3.05, 3.63) is 53.1 Å². The predicted molar refractivity (Wildman–Crippen MR) is 130 cm³/mol. The van der Waals surface area contributed by atoms with Gasteiger partial charge in [0.15, 0.2) is 34.7 Å². The van der Waals surface area contributed by atoms with Gasteiger partial charge in [0, 0.05) is 12.3 Å². The molecule has 0 heterocycles. The van der Waals surface area contributed by atoms with Crippen LogP contribution in [0.1, 0.15) is 46.0 Å². The lowest BCUT2D eigenvalue weighted by atomic mass is 9.53. The van der Waals surface area contributed by atoms with Crippen LogP contribution >= 0.6 is 0 Å². The lowest BCUT2D eigenvalue weighted by Gasteiger charge is -2.48. The first-order chi connectivity index (χ1) is 18.0. The van der Waals surface area contributed by atoms with Gasteiger partial charge < -0.3 is 20.7 Å². The molecule has 3 aliphatic carbocycles. The van der Waals surface area contributed by atoms with Crippen molar-refractivity contribution in [2.24, 2.45) is 29.4 Å². The minimum Gasteiger partial charge on any atom is -0.507 e. The van der Waals surface area contributed by atoms with Crippen molar-refractivity contribution in [2.45, 2.75) is 31.8 Å². The summed E-state index contributed by atoms with van der Waals surface area (Å²) in [5, 5.41) is 21.9. The van der Waals surface area contributed by atoms with Gasteiger partial charge in [0.05, 0.1) is 23.7 Å². The van der Waals surface area contributed by atoms with Crippen LogP contribution in [0.25, 0.3) is 11.1 Å². The van der Waals surface area contributed by atoms with Crippen molar-refractivity contribution in [3.8, 4) is 16.9 Å². The van der Waals surface area contributed by atoms with Crippen LogP contribution in [0.5, 0.6) is 5.75 Å². The van der Waals surface area contributed by atoms with Crippen LogP contribution in [-0.2, 0) is 30.3 Å². The van der Waals surface area contributed by atoms with E-state index in [1.165, 1.54) is 6.07 Å². The highest BCUT2D eigenvalue weighted by Crippen LogP contribution is 2.51. The number of amides is 1. The molecule has 2 aromatic carbocycles. The van der Waals surface area contributed by atoms with Gasteiger partial charge in [0.1, 0.15) is 5.75 Å². The summed E-state index contributed by atoms with van der Waals surface area (Å²) in [5.74, 6) is -11.2. The third kappa shape index (κ3) is 3.59. The third-order valence-corrected chi connectivity index (χ3v) is 7.97. The fraction of sp³-hybridized carbons (Fsp3) is 0.357. The maximum atomic E-state index is 13.7. The predicted octanol–water partition coefficient (Wildman–Crippen LogP) is 1.17. The van der Waals surface area contributed by atoms with E-state index in [0.717, 1.165) is 0 Å². The number of nitrogens with two attached hydrogens (primary N) is 1. The number of benzene rings is 2. The molecule has 3 aliphatic rings. The highest BCUT2D eigenvalue weighted by atomic mass is 16.5. The molecule has 1 amide bonds. The molecule has 2 unspecified atom stereocenters. The summed E-state index contributed by atoms with van der Waals surface area (Å²) in [6.07, 6.45) is -0.265. The Morgan fingerprint density at radius 3 is 2.50 bits per heavy atom. The number of ether oxygens (including phenoxy) is 1. The molecule has 0 bridgehead atoms. The molecule has 38 heavy (non-hydrogen) atoms. The Kier molecular flexibility index (Phi) is 6.02. The third-order valence-electron chi connectivity index (χ3n) is 7.97. The van der Waals surface area contributed by atoms with Crippen LogP contribution in [0, 0.1) is 23.7 Å². The quantitative estimate of drug-likeness (QED) is 0.395. The van der Waals surface area contributed by atoms with Gasteiger partial charge in [-0.25, -0.2) is 4.79 Å². The largest absolute Gasteiger partial charge is 0.507 e. The molecule has 0 saturated heterocycles. The van der Waals surface area contributed by atoms with Crippen LogP contribution in [-0.4, -0.2) is 57.4 Å². The summed E-state index contributed by atoms with van der Waals surface area (Å²) in [7, 11) is 0. The molecule has 0 aromatic heterocycles. The number of primary amides is 1. The van der Waals surface area contributed by atoms with E-state index in [2.05, 4.69) is 0 Å². The zero-order valence-electron chi connectivity index (χ0n) is 20.4. The van der Waals surface area contributed by atoms with E-state index in [0.29, 0.717) is 22.3 Å². The number of aromatic hydroxyl groups is 1. The fourth-order valence-corrected chi connectivity index (χ4v) is 6.27. The maximum absolute atomic E-state index is 13.7. The zero-order valence-corrected chi connectivity index (χ0v) is 20.4. The summed E-state index contributed by atoms with van der Waals surface area (Å²) < 4.78 is 5.07. The Morgan fingerprint density at radius 1 is 1.08 bits per heavy atom. The molecule has 2 aromatic rings. The molecule has 5 rings (SSSR count). The first kappa shape index (κ1) is 25.5. The number of esters is 1. The molecular formula is C28H25NO9. The number of carbonyl (C=O) groups is 6. The summed E-state index contributed by atoms with van der Waals surface area (Å²) in [5.41, 5.74) is 4.31. The number of hydrogen-bond donors (Lipinski definition) is 3. The highest BCUT2D eigenvalue weighted by Gasteiger charge is 2.66. The first-order valence-corrected chi connectivity index (χ1v) is 12.3. The Morgan fingerprint density at radius 2 is 1.82 bits per heavy atom. The summed E-state index contributed by atoms with van der Waals surface area (Å²) in [6.45, 7) is 1.89. The van der Waals surface area contributed by atoms with Crippen LogP contribution in [0.3, 0.4) is 0 Å². The fourth-order valence-electron chi connectivity index (χ4n) is 6.27. The van der Waals surface area contributed by atoms with Gasteiger partial charge in [0.25, 0.3) is 0 Å². The van der Waals surface area contributed by atoms with Crippen LogP contribution in [0.15, 0.2) is 36.4 Å². The van der Waals surface area contributed by atoms with Crippen molar-refractivity contribution in [3.63, 3.8) is 0 Å². The lowest BCUT2D eigenvalue weighted by Crippen LogP contribution is -2.68. The minimum absolute atomic E-state index is 0.000982. The Hall–Kier alpha value is -4.18. The molecule has 10 heteroatoms. The molecule has 0 aliphatic heterocycles. The van der Waals surface area contributed by atoms with Crippen molar-refractivity contribution < 1.29 is 43.7 Å². The van der Waals surface area contributed by atoms with Gasteiger partial charge in [-0.05, 0) is 60.6 Å². The smallest absolute Gasteiger partial charge is 0.338 e. The number of aliphatic hydroxyl groups is 1. The number of rotatable bonds is 4. The van der Waals surface area contributed by atoms with Crippen molar-refractivity contribution in [1.82, 2.24) is 0 Å². The number of carbonyl (C=O) groups excluding carboxylic acids is 6. The number of phenols is 1. The number of hydrogen-bond acceptors (Lipinski definition) is 9. The maximum Gasteiger partial charge on any atom is 0.338 e. The van der Waals surface area contributed by atoms with Crippen molar-refractivity contribution in [2.75, 3.05) is 6.61 Å². The van der Waals surface area contributed by atoms with E-state index in [4.69, 9.17) is 10.5 Å². The standard InChI is InChI=1S/C28H25NO9/c1-2-38-27(36)13-5-3-4-12(8-13)16-6-7-18(30)21-17(16)10-14-9-15-11-19(31)22(26(29)35)25(34)28(15,37)24(33)20(14)23(21)32/h3-8,14-15,20,22,30,37H,2,9-11H2,1H3,(H2,29,35)/t14-,15+,20?,22?,28+/m1/s1. The molecule has 2 fully saturated rings. The van der Waals surface area contributed by atoms with Gasteiger partial charge >= 0.3 is 5.97 Å². The van der Waals surface area contributed by atoms with Crippen molar-refractivity contribution in [1.29, 1.82) is 0 Å². The van der Waals surface area contributed by atoms with E-state index in [1.807, 2.05) is 0 Å². The summed E-state index contributed by atoms with van der Waals surface area (Å²) in [4.78, 5) is 76.8. The van der Waals surface area contributed by atoms with Crippen molar-refractivity contribution >= 4 is 35.0 Å². The van der Waals surface area contributed by atoms with Gasteiger partial charge in [-0.1, -0.05) is 18.2 Å². The normalized spacial score (nSPS) is 28.3. The number of ketones is 4. The average Bonchev–Trinajstić information content (AvgIpc) is 2.86. The highest BCUT2D eigenvalue weighted by molar-refractivity contribution is 6.31. The Balaban J connectivity index is 1.59. The SMILES string of the molecule is CCOC(=O)c1cccc(-c2ccc(O)c3c2C[C@H]2C[C@H]4CC(=O)C(C(N)=O)C(=O)[C@@]4(O)C(=O)C2C3=O)c1. The summed E-state index contributed by atoms with van der Waals surface area (Å²) >= 11 is 0. The number of Topliss-reactive ketones (excluding diaryl/α,β-unsaturated/α-hetero) is 4. The Labute approximate surface area is 216 Å².